The van der Waals surface area contributed by atoms with Crippen LogP contribution in [-0.2, 0) is 19.6 Å². The summed E-state index contributed by atoms with van der Waals surface area (Å²) < 4.78 is 37.9. The van der Waals surface area contributed by atoms with E-state index in [2.05, 4.69) is 171 Å². The van der Waals surface area contributed by atoms with E-state index >= 15 is 0 Å². The third-order valence-electron chi connectivity index (χ3n) is 15.4. The summed E-state index contributed by atoms with van der Waals surface area (Å²) >= 11 is 0. The summed E-state index contributed by atoms with van der Waals surface area (Å²) in [7, 11) is -4.49. The second kappa shape index (κ2) is 25.9. The average molecular weight is 1280 g/mol. The van der Waals surface area contributed by atoms with Crippen LogP contribution in [0.25, 0.3) is 51.4 Å². The molecule has 0 amide bonds. The number of aliphatic imine (C=N–C) groups is 3. The van der Waals surface area contributed by atoms with Gasteiger partial charge in [0.15, 0.2) is 17.3 Å². The van der Waals surface area contributed by atoms with Crippen molar-refractivity contribution in [3.8, 4) is 85.8 Å². The molecule has 0 saturated carbocycles. The van der Waals surface area contributed by atoms with E-state index in [1.165, 1.54) is 6.07 Å². The van der Waals surface area contributed by atoms with E-state index in [1.807, 2.05) is 114 Å². The van der Waals surface area contributed by atoms with Crippen molar-refractivity contribution in [1.29, 1.82) is 0 Å². The number of benzene rings is 5. The summed E-state index contributed by atoms with van der Waals surface area (Å²) in [5.41, 5.74) is 29.2. The highest BCUT2D eigenvalue weighted by atomic mass is 28.3. The van der Waals surface area contributed by atoms with Crippen molar-refractivity contribution in [2.75, 3.05) is 0 Å². The predicted octanol–water partition coefficient (Wildman–Crippen LogP) is 16.7. The van der Waals surface area contributed by atoms with Crippen molar-refractivity contribution in [2.24, 2.45) is 15.0 Å². The average Bonchev–Trinajstić information content (AvgIpc) is 1.61. The molecule has 0 atom stereocenters. The molecule has 0 N–H and O–H groups in total. The zero-order valence-corrected chi connectivity index (χ0v) is 56.8. The summed E-state index contributed by atoms with van der Waals surface area (Å²) in [4.78, 5) is 33.3. The Labute approximate surface area is 549 Å². The third kappa shape index (κ3) is 13.5. The number of rotatable bonds is 6. The van der Waals surface area contributed by atoms with Crippen LogP contribution in [-0.4, -0.2) is 75.0 Å². The molecular formula is C77H67FN10O3Si3. The number of furan rings is 3. The van der Waals surface area contributed by atoms with Gasteiger partial charge in [-0.1, -0.05) is 125 Å². The van der Waals surface area contributed by atoms with Crippen LogP contribution in [0.4, 0.5) is 4.39 Å². The number of nitrogens with zero attached hydrogens (tertiary/aromatic N) is 10. The first kappa shape index (κ1) is 61.8. The lowest BCUT2D eigenvalue weighted by molar-refractivity contribution is 0.579. The fourth-order valence-electron chi connectivity index (χ4n) is 11.0. The smallest absolute Gasteiger partial charge is 0.154 e. The van der Waals surface area contributed by atoms with Gasteiger partial charge in [-0.25, -0.2) is 19.3 Å². The van der Waals surface area contributed by atoms with E-state index in [9.17, 15) is 4.39 Å². The van der Waals surface area contributed by atoms with E-state index in [4.69, 9.17) is 28.2 Å². The number of hydrogen-bond acceptors (Lipinski definition) is 10. The molecule has 3 aliphatic heterocycles. The second-order valence-corrected chi connectivity index (χ2v) is 40.2. The van der Waals surface area contributed by atoms with Gasteiger partial charge < -0.3 is 13.3 Å². The fourth-order valence-corrected chi connectivity index (χ4v) is 12.6. The molecule has 13 nitrogen and oxygen atoms in total. The van der Waals surface area contributed by atoms with Gasteiger partial charge in [-0.15, -0.1) is 16.6 Å². The first-order valence-electron chi connectivity index (χ1n) is 31.1. The van der Waals surface area contributed by atoms with E-state index in [1.54, 1.807) is 43.4 Å². The van der Waals surface area contributed by atoms with Crippen LogP contribution in [0, 0.1) is 40.2 Å². The molecule has 0 saturated heterocycles. The maximum absolute atomic E-state index is 14.8. The van der Waals surface area contributed by atoms with Crippen LogP contribution >= 0.6 is 0 Å². The minimum Gasteiger partial charge on any atom is -0.463 e. The van der Waals surface area contributed by atoms with E-state index in [-0.39, 0.29) is 5.82 Å². The lowest BCUT2D eigenvalue weighted by atomic mass is 9.98. The van der Waals surface area contributed by atoms with E-state index in [0.717, 1.165) is 119 Å². The molecule has 10 heterocycles. The molecule has 0 aliphatic carbocycles. The van der Waals surface area contributed by atoms with Crippen molar-refractivity contribution >= 4 is 41.4 Å². The van der Waals surface area contributed by atoms with Crippen LogP contribution in [0.15, 0.2) is 236 Å². The maximum atomic E-state index is 14.8. The summed E-state index contributed by atoms with van der Waals surface area (Å²) in [6.45, 7) is 21.5. The Hall–Kier alpha value is -11.0. The van der Waals surface area contributed by atoms with Crippen molar-refractivity contribution in [3.05, 3.63) is 281 Å². The molecule has 3 aliphatic rings. The minimum absolute atomic E-state index is 0.299. The van der Waals surface area contributed by atoms with Gasteiger partial charge in [0.1, 0.15) is 66.1 Å². The summed E-state index contributed by atoms with van der Waals surface area (Å²) in [6, 6.07) is 53.0. The SMILES string of the molecule is C[Si](C)(C)C#Cc1ccc2c(c1)C(c1ccccc1)=NCc1c(-c3ccco3)ncn1-2.C[Si](C)(C)C#Cc1ccc2c(c1)C(c1ccccc1F)=NCc1c(-c3ccco3)ncn1-2.C[Si](C)(C)C#Cc1ccc2c(c1)C(c1ccccn1)=NCc1c(-c3ccco3)ncn1-2. The monoisotopic (exact) mass is 1280 g/mol. The van der Waals surface area contributed by atoms with Gasteiger partial charge in [0.05, 0.1) is 95.4 Å². The fraction of sp³-hybridized carbons (Fsp3) is 0.156. The number of imidazole rings is 3. The first-order valence-corrected chi connectivity index (χ1v) is 41.6. The summed E-state index contributed by atoms with van der Waals surface area (Å²) in [5.74, 6) is 12.0. The molecule has 0 unspecified atom stereocenters. The molecule has 0 radical (unpaired) electrons. The minimum atomic E-state index is -1.54. The zero-order valence-electron chi connectivity index (χ0n) is 53.8. The Morgan fingerprint density at radius 3 is 1.18 bits per heavy atom. The lowest BCUT2D eigenvalue weighted by Crippen LogP contribution is -2.16. The van der Waals surface area contributed by atoms with Gasteiger partial charge in [-0.3, -0.25) is 33.7 Å². The molecular weight excluding hydrogens is 1220 g/mol. The molecule has 0 spiro atoms. The number of pyridine rings is 1. The van der Waals surface area contributed by atoms with Gasteiger partial charge in [-0.05, 0) is 115 Å². The molecule has 12 aromatic rings. The van der Waals surface area contributed by atoms with Gasteiger partial charge in [0, 0.05) is 50.7 Å². The number of fused-ring (bicyclic) bond motifs is 9. The van der Waals surface area contributed by atoms with Crippen molar-refractivity contribution in [1.82, 2.24) is 33.6 Å². The number of halogens is 1. The highest BCUT2D eigenvalue weighted by Crippen LogP contribution is 2.36. The molecule has 15 rings (SSSR count). The zero-order chi connectivity index (χ0) is 65.1. The predicted molar refractivity (Wildman–Crippen MR) is 380 cm³/mol. The van der Waals surface area contributed by atoms with Gasteiger partial charge in [0.2, 0.25) is 0 Å². The highest BCUT2D eigenvalue weighted by Gasteiger charge is 2.28. The molecule has 462 valence electrons. The van der Waals surface area contributed by atoms with Crippen LogP contribution in [0.5, 0.6) is 0 Å². The van der Waals surface area contributed by atoms with Gasteiger partial charge in [-0.2, -0.15) is 0 Å². The Morgan fingerprint density at radius 1 is 0.383 bits per heavy atom. The molecule has 94 heavy (non-hydrogen) atoms. The lowest BCUT2D eigenvalue weighted by Gasteiger charge is -2.13. The van der Waals surface area contributed by atoms with Gasteiger partial charge in [0.25, 0.3) is 0 Å². The van der Waals surface area contributed by atoms with Crippen molar-refractivity contribution in [3.63, 3.8) is 0 Å². The molecule has 17 heteroatoms. The van der Waals surface area contributed by atoms with E-state index in [0.29, 0.717) is 36.7 Å². The van der Waals surface area contributed by atoms with Crippen molar-refractivity contribution < 1.29 is 17.6 Å². The number of hydrogen-bond donors (Lipinski definition) is 0. The Morgan fingerprint density at radius 2 is 0.777 bits per heavy atom. The largest absolute Gasteiger partial charge is 0.463 e. The molecule has 0 bridgehead atoms. The quantitative estimate of drug-likeness (QED) is 0.119. The normalized spacial score (nSPS) is 12.8. The van der Waals surface area contributed by atoms with Crippen molar-refractivity contribution in [2.45, 2.75) is 78.6 Å². The number of aromatic nitrogens is 7. The van der Waals surface area contributed by atoms with Crippen LogP contribution in [0.2, 0.25) is 58.9 Å². The van der Waals surface area contributed by atoms with E-state index < -0.39 is 24.2 Å². The highest BCUT2D eigenvalue weighted by molar-refractivity contribution is 6.84. The van der Waals surface area contributed by atoms with Crippen LogP contribution in [0.3, 0.4) is 0 Å². The molecule has 7 aromatic heterocycles. The Kier molecular flexibility index (Phi) is 17.1. The Bertz CT molecular complexity index is 4870. The first-order chi connectivity index (χ1) is 45.4. The molecule has 5 aromatic carbocycles. The third-order valence-corrected chi connectivity index (χ3v) is 18.0. The second-order valence-electron chi connectivity index (χ2n) is 25.9. The molecule has 0 fully saturated rings. The van der Waals surface area contributed by atoms with Crippen LogP contribution in [0.1, 0.15) is 67.3 Å². The van der Waals surface area contributed by atoms with Gasteiger partial charge >= 0.3 is 0 Å². The summed E-state index contributed by atoms with van der Waals surface area (Å²) in [5, 5.41) is 0. The topological polar surface area (TPSA) is 143 Å². The van der Waals surface area contributed by atoms with Crippen LogP contribution < -0.4 is 0 Å². The summed E-state index contributed by atoms with van der Waals surface area (Å²) in [6.07, 6.45) is 12.3. The maximum Gasteiger partial charge on any atom is 0.154 e. The Balaban J connectivity index is 0.000000128. The standard InChI is InChI=1S/C26H22FN3OSi.C26H23N3OSi.C25H22N4OSi/c1-32(2,3)14-12-18-10-11-22-20(15-18)25(19-7-4-5-8-21(19)27)28-16-23-26(29-17-30(22)23)24-9-6-13-31-24;1-31(2,3)15-13-19-11-12-22-21(16-19)25(20-8-5-4-6-9-20)27-17-23-26(28-18-29(22)23)24-10-7-14-30-24;1-31(2,3)14-11-18-9-10-21-19(15-18)24(20-7-4-5-12-26-20)27-16-22-25(28-17-29(21)22)23-8-6-13-30-23/h4-11,13,15,17H,16H2,1-3H3;4-12,14,16,18H,17H2,1-3H3;4-10,12-13,15,17H,16H2,1-3H3.